The Bertz CT molecular complexity index is 1020. The van der Waals surface area contributed by atoms with E-state index in [1.165, 1.54) is 0 Å². The molecule has 0 saturated carbocycles. The summed E-state index contributed by atoms with van der Waals surface area (Å²) in [5.74, 6) is 1.29. The van der Waals surface area contributed by atoms with E-state index in [-0.39, 0.29) is 4.90 Å². The number of rotatable bonds is 6. The van der Waals surface area contributed by atoms with Gasteiger partial charge < -0.3 is 4.74 Å². The standard InChI is InChI=1S/C21H22N2O3S/c1-15(2)17-7-9-19(10-8-17)27(24,25)23-20-11-6-16(3)13-21(20)26-18-5-4-12-22-14-18/h4-15,23H,1-3H3. The largest absolute Gasteiger partial charge is 0.454 e. The van der Waals surface area contributed by atoms with E-state index in [1.807, 2.05) is 25.1 Å². The molecule has 0 unspecified atom stereocenters. The smallest absolute Gasteiger partial charge is 0.262 e. The van der Waals surface area contributed by atoms with Gasteiger partial charge in [0.25, 0.3) is 10.0 Å². The van der Waals surface area contributed by atoms with Crippen LogP contribution in [-0.2, 0) is 10.0 Å². The van der Waals surface area contributed by atoms with Crippen molar-refractivity contribution in [1.82, 2.24) is 4.98 Å². The zero-order chi connectivity index (χ0) is 19.4. The van der Waals surface area contributed by atoms with E-state index in [1.54, 1.807) is 48.8 Å². The van der Waals surface area contributed by atoms with Crippen LogP contribution in [0.2, 0.25) is 0 Å². The van der Waals surface area contributed by atoms with Gasteiger partial charge in [-0.25, -0.2) is 8.42 Å². The lowest BCUT2D eigenvalue weighted by atomic mass is 10.0. The van der Waals surface area contributed by atoms with Gasteiger partial charge in [-0.1, -0.05) is 32.0 Å². The quantitative estimate of drug-likeness (QED) is 0.643. The first-order valence-electron chi connectivity index (χ1n) is 8.66. The normalized spacial score (nSPS) is 11.4. The Morgan fingerprint density at radius 3 is 2.41 bits per heavy atom. The van der Waals surface area contributed by atoms with Crippen molar-refractivity contribution in [3.63, 3.8) is 0 Å². The van der Waals surface area contributed by atoms with E-state index in [0.29, 0.717) is 23.1 Å². The Morgan fingerprint density at radius 1 is 1.04 bits per heavy atom. The lowest BCUT2D eigenvalue weighted by Gasteiger charge is -2.14. The fourth-order valence-corrected chi connectivity index (χ4v) is 3.64. The van der Waals surface area contributed by atoms with Crippen molar-refractivity contribution in [2.24, 2.45) is 0 Å². The molecular weight excluding hydrogens is 360 g/mol. The van der Waals surface area contributed by atoms with Crippen LogP contribution in [0, 0.1) is 6.92 Å². The average molecular weight is 382 g/mol. The monoisotopic (exact) mass is 382 g/mol. The highest BCUT2D eigenvalue weighted by Gasteiger charge is 2.17. The van der Waals surface area contributed by atoms with Crippen molar-refractivity contribution in [1.29, 1.82) is 0 Å². The summed E-state index contributed by atoms with van der Waals surface area (Å²) in [7, 11) is -3.73. The molecule has 5 nitrogen and oxygen atoms in total. The van der Waals surface area contributed by atoms with Crippen molar-refractivity contribution in [3.05, 3.63) is 78.1 Å². The molecule has 6 heteroatoms. The predicted molar refractivity (Wildman–Crippen MR) is 107 cm³/mol. The first kappa shape index (κ1) is 18.9. The topological polar surface area (TPSA) is 68.3 Å². The van der Waals surface area contributed by atoms with Crippen LogP contribution in [0.3, 0.4) is 0 Å². The van der Waals surface area contributed by atoms with Crippen LogP contribution in [0.1, 0.15) is 30.9 Å². The predicted octanol–water partition coefficient (Wildman–Crippen LogP) is 5.11. The minimum absolute atomic E-state index is 0.208. The number of nitrogens with one attached hydrogen (secondary N) is 1. The Morgan fingerprint density at radius 2 is 1.78 bits per heavy atom. The fraction of sp³-hybridized carbons (Fsp3) is 0.190. The SMILES string of the molecule is Cc1ccc(NS(=O)(=O)c2ccc(C(C)C)cc2)c(Oc2cccnc2)c1. The molecule has 2 aromatic carbocycles. The van der Waals surface area contributed by atoms with Crippen molar-refractivity contribution in [2.45, 2.75) is 31.6 Å². The van der Waals surface area contributed by atoms with Gasteiger partial charge in [0, 0.05) is 6.20 Å². The molecular formula is C21H22N2O3S. The minimum atomic E-state index is -3.73. The van der Waals surface area contributed by atoms with E-state index in [9.17, 15) is 8.42 Å². The first-order valence-corrected chi connectivity index (χ1v) is 10.1. The number of anilines is 1. The van der Waals surface area contributed by atoms with Crippen LogP contribution < -0.4 is 9.46 Å². The van der Waals surface area contributed by atoms with Crippen molar-refractivity contribution in [3.8, 4) is 11.5 Å². The second-order valence-corrected chi connectivity index (χ2v) is 8.30. The average Bonchev–Trinajstić information content (AvgIpc) is 2.65. The Kier molecular flexibility index (Phi) is 5.46. The number of aromatic nitrogens is 1. The second kappa shape index (κ2) is 7.80. The second-order valence-electron chi connectivity index (χ2n) is 6.62. The van der Waals surface area contributed by atoms with E-state index < -0.39 is 10.0 Å². The maximum atomic E-state index is 12.8. The molecule has 1 aromatic heterocycles. The van der Waals surface area contributed by atoms with Gasteiger partial charge in [-0.15, -0.1) is 0 Å². The molecule has 0 atom stereocenters. The van der Waals surface area contributed by atoms with Gasteiger partial charge in [0.05, 0.1) is 16.8 Å². The summed E-state index contributed by atoms with van der Waals surface area (Å²) in [5, 5.41) is 0. The summed E-state index contributed by atoms with van der Waals surface area (Å²) in [5.41, 5.74) is 2.42. The van der Waals surface area contributed by atoms with Crippen LogP contribution in [-0.4, -0.2) is 13.4 Å². The molecule has 0 aliphatic heterocycles. The maximum Gasteiger partial charge on any atom is 0.262 e. The summed E-state index contributed by atoms with van der Waals surface area (Å²) in [6, 6.07) is 15.7. The van der Waals surface area contributed by atoms with Gasteiger partial charge in [-0.3, -0.25) is 9.71 Å². The van der Waals surface area contributed by atoms with Gasteiger partial charge in [0.2, 0.25) is 0 Å². The third-order valence-corrected chi connectivity index (χ3v) is 5.48. The number of ether oxygens (including phenoxy) is 1. The minimum Gasteiger partial charge on any atom is -0.454 e. The van der Waals surface area contributed by atoms with Crippen LogP contribution in [0.15, 0.2) is 71.9 Å². The van der Waals surface area contributed by atoms with Crippen LogP contribution >= 0.6 is 0 Å². The van der Waals surface area contributed by atoms with E-state index >= 15 is 0 Å². The van der Waals surface area contributed by atoms with Crippen LogP contribution in [0.5, 0.6) is 11.5 Å². The highest BCUT2D eigenvalue weighted by atomic mass is 32.2. The van der Waals surface area contributed by atoms with Gasteiger partial charge in [0.15, 0.2) is 5.75 Å². The Labute approximate surface area is 160 Å². The van der Waals surface area contributed by atoms with Crippen molar-refractivity contribution in [2.75, 3.05) is 4.72 Å². The van der Waals surface area contributed by atoms with E-state index in [4.69, 9.17) is 4.74 Å². The fourth-order valence-electron chi connectivity index (χ4n) is 2.57. The number of hydrogen-bond donors (Lipinski definition) is 1. The molecule has 3 aromatic rings. The summed E-state index contributed by atoms with van der Waals surface area (Å²) in [6.07, 6.45) is 3.22. The molecule has 0 fully saturated rings. The molecule has 27 heavy (non-hydrogen) atoms. The molecule has 1 N–H and O–H groups in total. The molecule has 0 amide bonds. The maximum absolute atomic E-state index is 12.8. The Balaban J connectivity index is 1.90. The number of sulfonamides is 1. The van der Waals surface area contributed by atoms with Crippen LogP contribution in [0.25, 0.3) is 0 Å². The number of nitrogens with zero attached hydrogens (tertiary/aromatic N) is 1. The van der Waals surface area contributed by atoms with Crippen molar-refractivity contribution >= 4 is 15.7 Å². The molecule has 0 saturated heterocycles. The molecule has 0 bridgehead atoms. The lowest BCUT2D eigenvalue weighted by Crippen LogP contribution is -2.13. The van der Waals surface area contributed by atoms with Gasteiger partial charge in [-0.2, -0.15) is 0 Å². The number of aryl methyl sites for hydroxylation is 1. The van der Waals surface area contributed by atoms with Gasteiger partial charge in [0.1, 0.15) is 5.75 Å². The highest BCUT2D eigenvalue weighted by molar-refractivity contribution is 7.92. The van der Waals surface area contributed by atoms with Crippen LogP contribution in [0.4, 0.5) is 5.69 Å². The third-order valence-electron chi connectivity index (χ3n) is 4.10. The summed E-state index contributed by atoms with van der Waals surface area (Å²) in [6.45, 7) is 6.05. The van der Waals surface area contributed by atoms with Crippen molar-refractivity contribution < 1.29 is 13.2 Å². The molecule has 0 aliphatic carbocycles. The lowest BCUT2D eigenvalue weighted by molar-refractivity contribution is 0.482. The van der Waals surface area contributed by atoms with E-state index in [2.05, 4.69) is 23.6 Å². The zero-order valence-electron chi connectivity index (χ0n) is 15.5. The third kappa shape index (κ3) is 4.65. The zero-order valence-corrected chi connectivity index (χ0v) is 16.3. The van der Waals surface area contributed by atoms with Gasteiger partial charge in [-0.05, 0) is 60.4 Å². The molecule has 0 radical (unpaired) electrons. The number of pyridine rings is 1. The number of benzene rings is 2. The molecule has 1 heterocycles. The number of hydrogen-bond acceptors (Lipinski definition) is 4. The first-order chi connectivity index (χ1) is 12.8. The summed E-state index contributed by atoms with van der Waals surface area (Å²) < 4.78 is 34.0. The van der Waals surface area contributed by atoms with E-state index in [0.717, 1.165) is 11.1 Å². The highest BCUT2D eigenvalue weighted by Crippen LogP contribution is 2.32. The summed E-state index contributed by atoms with van der Waals surface area (Å²) >= 11 is 0. The summed E-state index contributed by atoms with van der Waals surface area (Å²) in [4.78, 5) is 4.22. The molecule has 0 aliphatic rings. The molecule has 140 valence electrons. The Hall–Kier alpha value is -2.86. The van der Waals surface area contributed by atoms with Gasteiger partial charge >= 0.3 is 0 Å². The molecule has 0 spiro atoms. The molecule has 3 rings (SSSR count).